The Morgan fingerprint density at radius 1 is 1.24 bits per heavy atom. The Morgan fingerprint density at radius 3 is 2.40 bits per heavy atom. The summed E-state index contributed by atoms with van der Waals surface area (Å²) in [6.07, 6.45) is -4.78. The van der Waals surface area contributed by atoms with Crippen LogP contribution >= 0.6 is 0 Å². The monoisotopic (exact) mass is 383 g/mol. The molecular weight excluding hydrogens is 367 g/mol. The van der Waals surface area contributed by atoms with Gasteiger partial charge < -0.3 is 4.74 Å². The van der Waals surface area contributed by atoms with Crippen molar-refractivity contribution < 1.29 is 35.9 Å². The molecule has 0 radical (unpaired) electrons. The second kappa shape index (κ2) is 8.14. The molecule has 0 atom stereocenters. The third-order valence-corrected chi connectivity index (χ3v) is 4.37. The maximum Gasteiger partial charge on any atom is 0.433 e. The Balaban J connectivity index is 3.05. The van der Waals surface area contributed by atoms with E-state index >= 15 is 0 Å². The molecule has 0 aliphatic rings. The molecule has 140 valence electrons. The number of amides is 1. The maximum absolute atomic E-state index is 12.7. The lowest BCUT2D eigenvalue weighted by atomic mass is 10.2. The van der Waals surface area contributed by atoms with Crippen LogP contribution in [0.25, 0.3) is 0 Å². The van der Waals surface area contributed by atoms with Gasteiger partial charge in [-0.2, -0.15) is 13.2 Å². The van der Waals surface area contributed by atoms with Crippen molar-refractivity contribution in [3.63, 3.8) is 0 Å². The van der Waals surface area contributed by atoms with Crippen molar-refractivity contribution in [3.05, 3.63) is 23.4 Å². The summed E-state index contributed by atoms with van der Waals surface area (Å²) in [5, 5.41) is 0. The zero-order valence-corrected chi connectivity index (χ0v) is 14.1. The largest absolute Gasteiger partial charge is 0.462 e. The van der Waals surface area contributed by atoms with Crippen LogP contribution in [0.1, 0.15) is 29.9 Å². The summed E-state index contributed by atoms with van der Waals surface area (Å²) in [5.41, 5.74) is 2.28. The van der Waals surface area contributed by atoms with Crippen molar-refractivity contribution in [3.8, 4) is 0 Å². The fraction of sp³-hybridized carbons (Fsp3) is 0.462. The quantitative estimate of drug-likeness (QED) is 0.536. The summed E-state index contributed by atoms with van der Waals surface area (Å²) in [5.74, 6) is -3.74. The van der Waals surface area contributed by atoms with Gasteiger partial charge in [0, 0.05) is 5.75 Å². The van der Waals surface area contributed by atoms with Crippen molar-refractivity contribution >= 4 is 27.5 Å². The number of halogens is 3. The first-order chi connectivity index (χ1) is 11.5. The predicted molar refractivity (Wildman–Crippen MR) is 81.3 cm³/mol. The Morgan fingerprint density at radius 2 is 1.88 bits per heavy atom. The van der Waals surface area contributed by atoms with Gasteiger partial charge >= 0.3 is 12.1 Å². The van der Waals surface area contributed by atoms with E-state index in [1.165, 1.54) is 13.8 Å². The minimum atomic E-state index is -4.78. The molecule has 0 spiro atoms. The van der Waals surface area contributed by atoms with Gasteiger partial charge in [0.1, 0.15) is 17.0 Å². The molecule has 0 bridgehead atoms. The molecule has 1 rings (SSSR count). The molecule has 1 amide bonds. The number of sulfone groups is 1. The fourth-order valence-corrected chi connectivity index (χ4v) is 2.23. The summed E-state index contributed by atoms with van der Waals surface area (Å²) in [6, 6.07) is 1.42. The normalized spacial score (nSPS) is 11.7. The SMILES string of the molecule is CCOC(=O)c1ccc(C(F)(F)F)nc1NNC(=O)CS(=O)(=O)CC. The number of esters is 1. The van der Waals surface area contributed by atoms with E-state index in [2.05, 4.69) is 4.98 Å². The average Bonchev–Trinajstić information content (AvgIpc) is 2.51. The molecule has 25 heavy (non-hydrogen) atoms. The van der Waals surface area contributed by atoms with Crippen LogP contribution < -0.4 is 10.9 Å². The van der Waals surface area contributed by atoms with E-state index in [1.54, 1.807) is 0 Å². The summed E-state index contributed by atoms with van der Waals surface area (Å²) < 4.78 is 65.6. The molecule has 0 aromatic carbocycles. The molecule has 12 heteroatoms. The third-order valence-electron chi connectivity index (χ3n) is 2.79. The van der Waals surface area contributed by atoms with Crippen LogP contribution in [0.4, 0.5) is 19.0 Å². The molecular formula is C13H16F3N3O5S. The number of hydrogen-bond acceptors (Lipinski definition) is 7. The number of ether oxygens (including phenoxy) is 1. The van der Waals surface area contributed by atoms with Crippen LogP contribution in [-0.2, 0) is 25.5 Å². The van der Waals surface area contributed by atoms with E-state index in [4.69, 9.17) is 4.74 Å². The van der Waals surface area contributed by atoms with E-state index < -0.39 is 45.2 Å². The number of nitrogens with zero attached hydrogens (tertiary/aromatic N) is 1. The minimum Gasteiger partial charge on any atom is -0.462 e. The minimum absolute atomic E-state index is 0.0274. The number of hydrazine groups is 1. The zero-order valence-electron chi connectivity index (χ0n) is 13.3. The van der Waals surface area contributed by atoms with Gasteiger partial charge in [0.25, 0.3) is 5.91 Å². The number of hydrogen-bond donors (Lipinski definition) is 2. The molecule has 0 saturated carbocycles. The second-order valence-corrected chi connectivity index (χ2v) is 7.01. The van der Waals surface area contributed by atoms with E-state index in [9.17, 15) is 31.2 Å². The standard InChI is InChI=1S/C13H16F3N3O5S/c1-3-24-12(21)8-5-6-9(13(14,15)16)17-11(8)19-18-10(20)7-25(22,23)4-2/h5-6H,3-4,7H2,1-2H3,(H,17,19)(H,18,20). The first kappa shape index (κ1) is 20.7. The van der Waals surface area contributed by atoms with Crippen molar-refractivity contribution in [2.24, 2.45) is 0 Å². The highest BCUT2D eigenvalue weighted by Crippen LogP contribution is 2.29. The first-order valence-corrected chi connectivity index (χ1v) is 8.83. The van der Waals surface area contributed by atoms with Crippen LogP contribution in [0.2, 0.25) is 0 Å². The molecule has 1 heterocycles. The maximum atomic E-state index is 12.7. The van der Waals surface area contributed by atoms with Crippen molar-refractivity contribution in [1.29, 1.82) is 0 Å². The lowest BCUT2D eigenvalue weighted by Gasteiger charge is -2.14. The Labute approximate surface area is 141 Å². The Kier molecular flexibility index (Phi) is 6.73. The lowest BCUT2D eigenvalue weighted by molar-refractivity contribution is -0.141. The molecule has 8 nitrogen and oxygen atoms in total. The first-order valence-electron chi connectivity index (χ1n) is 7.00. The summed E-state index contributed by atoms with van der Waals surface area (Å²) >= 11 is 0. The summed E-state index contributed by atoms with van der Waals surface area (Å²) in [7, 11) is -3.63. The third kappa shape index (κ3) is 6.21. The van der Waals surface area contributed by atoms with Crippen LogP contribution in [0.5, 0.6) is 0 Å². The van der Waals surface area contributed by atoms with Crippen molar-refractivity contribution in [1.82, 2.24) is 10.4 Å². The number of carbonyl (C=O) groups is 2. The molecule has 0 aliphatic heterocycles. The van der Waals surface area contributed by atoms with E-state index in [0.29, 0.717) is 6.07 Å². The van der Waals surface area contributed by atoms with Gasteiger partial charge in [-0.15, -0.1) is 0 Å². The van der Waals surface area contributed by atoms with Crippen LogP contribution in [-0.4, -0.2) is 43.4 Å². The van der Waals surface area contributed by atoms with Crippen LogP contribution in [0.3, 0.4) is 0 Å². The van der Waals surface area contributed by atoms with Gasteiger partial charge in [0.2, 0.25) is 0 Å². The van der Waals surface area contributed by atoms with Gasteiger partial charge in [-0.1, -0.05) is 6.92 Å². The summed E-state index contributed by atoms with van der Waals surface area (Å²) in [4.78, 5) is 26.5. The Hall–Kier alpha value is -2.37. The Bertz CT molecular complexity index is 750. The molecule has 0 fully saturated rings. The lowest BCUT2D eigenvalue weighted by Crippen LogP contribution is -2.36. The van der Waals surface area contributed by atoms with Gasteiger partial charge in [-0.3, -0.25) is 15.6 Å². The fourth-order valence-electron chi connectivity index (χ4n) is 1.55. The van der Waals surface area contributed by atoms with Gasteiger partial charge in [0.15, 0.2) is 15.7 Å². The van der Waals surface area contributed by atoms with Gasteiger partial charge in [-0.05, 0) is 19.1 Å². The molecule has 0 aliphatic carbocycles. The molecule has 0 unspecified atom stereocenters. The molecule has 0 saturated heterocycles. The highest BCUT2D eigenvalue weighted by atomic mass is 32.2. The topological polar surface area (TPSA) is 114 Å². The molecule has 2 N–H and O–H groups in total. The molecule has 1 aromatic heterocycles. The summed E-state index contributed by atoms with van der Waals surface area (Å²) in [6.45, 7) is 2.81. The van der Waals surface area contributed by atoms with Crippen LogP contribution in [0.15, 0.2) is 12.1 Å². The number of nitrogens with one attached hydrogen (secondary N) is 2. The van der Waals surface area contributed by atoms with Gasteiger partial charge in [-0.25, -0.2) is 18.2 Å². The second-order valence-electron chi connectivity index (χ2n) is 4.66. The number of alkyl halides is 3. The molecule has 1 aromatic rings. The number of rotatable bonds is 7. The van der Waals surface area contributed by atoms with E-state index in [-0.39, 0.29) is 17.9 Å². The highest BCUT2D eigenvalue weighted by Gasteiger charge is 2.33. The van der Waals surface area contributed by atoms with Crippen LogP contribution in [0, 0.1) is 0 Å². The highest BCUT2D eigenvalue weighted by molar-refractivity contribution is 7.92. The van der Waals surface area contributed by atoms with E-state index in [1.807, 2.05) is 10.9 Å². The smallest absolute Gasteiger partial charge is 0.433 e. The number of aromatic nitrogens is 1. The number of anilines is 1. The zero-order chi connectivity index (χ0) is 19.3. The number of carbonyl (C=O) groups excluding carboxylic acids is 2. The van der Waals surface area contributed by atoms with Crippen molar-refractivity contribution in [2.75, 3.05) is 23.5 Å². The van der Waals surface area contributed by atoms with E-state index in [0.717, 1.165) is 6.07 Å². The number of pyridine rings is 1. The van der Waals surface area contributed by atoms with Gasteiger partial charge in [0.05, 0.1) is 6.61 Å². The average molecular weight is 383 g/mol. The predicted octanol–water partition coefficient (Wildman–Crippen LogP) is 1.15. The van der Waals surface area contributed by atoms with Crippen molar-refractivity contribution in [2.45, 2.75) is 20.0 Å².